The minimum absolute atomic E-state index is 0.0908. The molecule has 0 spiro atoms. The van der Waals surface area contributed by atoms with Crippen molar-refractivity contribution in [2.75, 3.05) is 0 Å². The van der Waals surface area contributed by atoms with Gasteiger partial charge in [-0.15, -0.1) is 0 Å². The second-order valence-electron chi connectivity index (χ2n) is 4.47. The molecule has 1 fully saturated rings. The van der Waals surface area contributed by atoms with E-state index in [0.29, 0.717) is 12.1 Å². The first kappa shape index (κ1) is 14.5. The summed E-state index contributed by atoms with van der Waals surface area (Å²) in [6.45, 7) is 8.57. The summed E-state index contributed by atoms with van der Waals surface area (Å²) in [5.41, 5.74) is 1.51. The molecule has 2 rings (SSSR count). The number of aromatic nitrogens is 2. The molecule has 0 aliphatic heterocycles. The van der Waals surface area contributed by atoms with E-state index >= 15 is 0 Å². The van der Waals surface area contributed by atoms with Gasteiger partial charge in [0.2, 0.25) is 5.91 Å². The lowest BCUT2D eigenvalue weighted by atomic mass is 10.2. The quantitative estimate of drug-likeness (QED) is 0.855. The second kappa shape index (κ2) is 6.42. The monoisotopic (exact) mass is 253 g/mol. The van der Waals surface area contributed by atoms with Gasteiger partial charge in [-0.2, -0.15) is 0 Å². The molecule has 0 radical (unpaired) electrons. The van der Waals surface area contributed by atoms with Crippen LogP contribution in [-0.2, 0) is 17.9 Å². The van der Waals surface area contributed by atoms with E-state index in [9.17, 15) is 9.59 Å². The highest BCUT2D eigenvalue weighted by Gasteiger charge is 2.23. The molecule has 1 saturated carbocycles. The molecule has 1 aliphatic carbocycles. The molecular weight excluding hydrogens is 230 g/mol. The molecular formula is C13H23N3O2. The zero-order valence-electron chi connectivity index (χ0n) is 11.7. The van der Waals surface area contributed by atoms with E-state index in [0.717, 1.165) is 18.2 Å². The van der Waals surface area contributed by atoms with Gasteiger partial charge < -0.3 is 5.32 Å². The average molecular weight is 253 g/mol. The van der Waals surface area contributed by atoms with E-state index in [4.69, 9.17) is 0 Å². The number of H-pyrrole nitrogens is 1. The SMILES string of the molecule is CC.CC(=O)NCc1c(C)n(CC2CC2)[nH]c1=O. The first-order chi connectivity index (χ1) is 8.58. The third-order valence-corrected chi connectivity index (χ3v) is 3.00. The molecule has 1 amide bonds. The molecule has 0 unspecified atom stereocenters. The highest BCUT2D eigenvalue weighted by Crippen LogP contribution is 2.30. The number of nitrogens with one attached hydrogen (secondary N) is 2. The van der Waals surface area contributed by atoms with Gasteiger partial charge in [0, 0.05) is 19.2 Å². The zero-order chi connectivity index (χ0) is 13.7. The summed E-state index contributed by atoms with van der Waals surface area (Å²) in [5.74, 6) is 0.601. The van der Waals surface area contributed by atoms with E-state index in [-0.39, 0.29) is 11.5 Å². The van der Waals surface area contributed by atoms with E-state index in [1.807, 2.05) is 25.5 Å². The normalized spacial score (nSPS) is 13.8. The summed E-state index contributed by atoms with van der Waals surface area (Å²) in [6.07, 6.45) is 2.50. The Labute approximate surface area is 108 Å². The molecule has 102 valence electrons. The third kappa shape index (κ3) is 3.75. The summed E-state index contributed by atoms with van der Waals surface area (Å²) in [7, 11) is 0. The summed E-state index contributed by atoms with van der Waals surface area (Å²) in [4.78, 5) is 22.5. The minimum atomic E-state index is -0.117. The highest BCUT2D eigenvalue weighted by atomic mass is 16.1. The number of nitrogens with zero attached hydrogens (tertiary/aromatic N) is 1. The summed E-state index contributed by atoms with van der Waals surface area (Å²) >= 11 is 0. The van der Waals surface area contributed by atoms with Crippen molar-refractivity contribution in [3.8, 4) is 0 Å². The molecule has 1 aliphatic rings. The van der Waals surface area contributed by atoms with E-state index in [1.165, 1.54) is 19.8 Å². The van der Waals surface area contributed by atoms with Gasteiger partial charge in [0.05, 0.1) is 12.1 Å². The van der Waals surface area contributed by atoms with Gasteiger partial charge in [0.15, 0.2) is 0 Å². The minimum Gasteiger partial charge on any atom is -0.352 e. The molecule has 0 bridgehead atoms. The third-order valence-electron chi connectivity index (χ3n) is 3.00. The van der Waals surface area contributed by atoms with E-state index in [1.54, 1.807) is 0 Å². The van der Waals surface area contributed by atoms with Gasteiger partial charge in [-0.3, -0.25) is 19.4 Å². The lowest BCUT2D eigenvalue weighted by molar-refractivity contribution is -0.119. The standard InChI is InChI=1S/C11H17N3O2.C2H6/c1-7-10(5-12-8(2)15)11(16)13-14(7)6-9-3-4-9;1-2/h9H,3-6H2,1-2H3,(H,12,15)(H,13,16);1-2H3. The van der Waals surface area contributed by atoms with Crippen molar-refractivity contribution in [3.05, 3.63) is 21.6 Å². The van der Waals surface area contributed by atoms with Crippen LogP contribution in [0, 0.1) is 12.8 Å². The lowest BCUT2D eigenvalue weighted by Crippen LogP contribution is -2.22. The van der Waals surface area contributed by atoms with Crippen LogP contribution in [-0.4, -0.2) is 15.7 Å². The van der Waals surface area contributed by atoms with Crippen LogP contribution >= 0.6 is 0 Å². The van der Waals surface area contributed by atoms with Gasteiger partial charge in [0.1, 0.15) is 0 Å². The number of carbonyl (C=O) groups excluding carboxylic acids is 1. The first-order valence-corrected chi connectivity index (χ1v) is 6.60. The van der Waals surface area contributed by atoms with E-state index < -0.39 is 0 Å². The van der Waals surface area contributed by atoms with Crippen LogP contribution in [0.3, 0.4) is 0 Å². The van der Waals surface area contributed by atoms with Crippen molar-refractivity contribution in [2.45, 2.75) is 53.6 Å². The number of amides is 1. The van der Waals surface area contributed by atoms with Crippen LogP contribution < -0.4 is 10.9 Å². The van der Waals surface area contributed by atoms with Crippen molar-refractivity contribution in [3.63, 3.8) is 0 Å². The van der Waals surface area contributed by atoms with Gasteiger partial charge in [-0.05, 0) is 25.7 Å². The summed E-state index contributed by atoms with van der Waals surface area (Å²) in [6, 6.07) is 0. The van der Waals surface area contributed by atoms with Crippen molar-refractivity contribution in [1.29, 1.82) is 0 Å². The Kier molecular flexibility index (Phi) is 5.19. The Morgan fingerprint density at radius 3 is 2.56 bits per heavy atom. The smallest absolute Gasteiger partial charge is 0.269 e. The van der Waals surface area contributed by atoms with Gasteiger partial charge in [-0.1, -0.05) is 13.8 Å². The number of hydrogen-bond donors (Lipinski definition) is 2. The lowest BCUT2D eigenvalue weighted by Gasteiger charge is -2.04. The fraction of sp³-hybridized carbons (Fsp3) is 0.692. The maximum Gasteiger partial charge on any atom is 0.269 e. The molecule has 1 heterocycles. The van der Waals surface area contributed by atoms with Crippen LogP contribution in [0.4, 0.5) is 0 Å². The molecule has 1 aromatic rings. The van der Waals surface area contributed by atoms with Crippen LogP contribution in [0.15, 0.2) is 4.79 Å². The Morgan fingerprint density at radius 1 is 1.44 bits per heavy atom. The fourth-order valence-electron chi connectivity index (χ4n) is 1.76. The Morgan fingerprint density at radius 2 is 2.06 bits per heavy atom. The maximum atomic E-state index is 11.6. The summed E-state index contributed by atoms with van der Waals surface area (Å²) < 4.78 is 1.90. The number of hydrogen-bond acceptors (Lipinski definition) is 2. The Balaban J connectivity index is 0.000000771. The molecule has 5 heteroatoms. The molecule has 0 atom stereocenters. The predicted octanol–water partition coefficient (Wildman–Crippen LogP) is 1.56. The van der Waals surface area contributed by atoms with Gasteiger partial charge >= 0.3 is 0 Å². The van der Waals surface area contributed by atoms with Crippen LogP contribution in [0.25, 0.3) is 0 Å². The maximum absolute atomic E-state index is 11.6. The second-order valence-corrected chi connectivity index (χ2v) is 4.47. The predicted molar refractivity (Wildman–Crippen MR) is 71.4 cm³/mol. The molecule has 0 aromatic carbocycles. The zero-order valence-corrected chi connectivity index (χ0v) is 11.7. The molecule has 0 saturated heterocycles. The number of aromatic amines is 1. The molecule has 2 N–H and O–H groups in total. The Bertz CT molecular complexity index is 455. The van der Waals surface area contributed by atoms with Gasteiger partial charge in [-0.25, -0.2) is 0 Å². The molecule has 18 heavy (non-hydrogen) atoms. The fourth-order valence-corrected chi connectivity index (χ4v) is 1.76. The van der Waals surface area contributed by atoms with E-state index in [2.05, 4.69) is 10.4 Å². The van der Waals surface area contributed by atoms with Crippen molar-refractivity contribution in [2.24, 2.45) is 5.92 Å². The van der Waals surface area contributed by atoms with Crippen LogP contribution in [0.2, 0.25) is 0 Å². The van der Waals surface area contributed by atoms with Crippen molar-refractivity contribution >= 4 is 5.91 Å². The largest absolute Gasteiger partial charge is 0.352 e. The van der Waals surface area contributed by atoms with Crippen LogP contribution in [0.1, 0.15) is 44.9 Å². The molecule has 5 nitrogen and oxygen atoms in total. The topological polar surface area (TPSA) is 66.9 Å². The number of carbonyl (C=O) groups is 1. The Hall–Kier alpha value is -1.52. The average Bonchev–Trinajstić information content (AvgIpc) is 3.09. The first-order valence-electron chi connectivity index (χ1n) is 6.60. The van der Waals surface area contributed by atoms with Crippen LogP contribution in [0.5, 0.6) is 0 Å². The van der Waals surface area contributed by atoms with Gasteiger partial charge in [0.25, 0.3) is 5.56 Å². The van der Waals surface area contributed by atoms with Crippen molar-refractivity contribution < 1.29 is 4.79 Å². The number of rotatable bonds is 4. The van der Waals surface area contributed by atoms with Crippen molar-refractivity contribution in [1.82, 2.24) is 15.1 Å². The summed E-state index contributed by atoms with van der Waals surface area (Å²) in [5, 5.41) is 5.47. The highest BCUT2D eigenvalue weighted by molar-refractivity contribution is 5.72. The molecule has 1 aromatic heterocycles.